The fraction of sp³-hybridized carbons (Fsp3) is 0.375. The molecule has 3 nitrogen and oxygen atoms in total. The lowest BCUT2D eigenvalue weighted by Crippen LogP contribution is -2.27. The van der Waals surface area contributed by atoms with Gasteiger partial charge in [0.25, 0.3) is 5.91 Å². The molecule has 1 aromatic carbocycles. The lowest BCUT2D eigenvalue weighted by Gasteiger charge is -2.15. The van der Waals surface area contributed by atoms with Crippen LogP contribution in [0.5, 0.6) is 0 Å². The lowest BCUT2D eigenvalue weighted by atomic mass is 9.96. The maximum absolute atomic E-state index is 13.9. The highest BCUT2D eigenvalue weighted by Gasteiger charge is 2.26. The largest absolute Gasteiger partial charge is 0.272 e. The number of halogens is 2. The summed E-state index contributed by atoms with van der Waals surface area (Å²) >= 11 is 0. The van der Waals surface area contributed by atoms with Gasteiger partial charge in [-0.25, -0.2) is 13.5 Å². The van der Waals surface area contributed by atoms with E-state index < -0.39 is 17.0 Å². The molecule has 1 aromatic heterocycles. The molecule has 0 aliphatic rings. The highest BCUT2D eigenvalue weighted by atomic mass is 19.1. The molecule has 0 aliphatic carbocycles. The van der Waals surface area contributed by atoms with Crippen LogP contribution in [0.25, 0.3) is 11.3 Å². The third kappa shape index (κ3) is 2.86. The van der Waals surface area contributed by atoms with Crippen LogP contribution in [0.2, 0.25) is 0 Å². The van der Waals surface area contributed by atoms with Gasteiger partial charge in [-0.15, -0.1) is 0 Å². The molecule has 0 atom stereocenters. The second-order valence-corrected chi connectivity index (χ2v) is 5.95. The van der Waals surface area contributed by atoms with Crippen LogP contribution in [-0.2, 0) is 6.42 Å². The van der Waals surface area contributed by atoms with Gasteiger partial charge in [0.05, 0.1) is 5.56 Å². The van der Waals surface area contributed by atoms with Gasteiger partial charge in [0.1, 0.15) is 17.3 Å². The van der Waals surface area contributed by atoms with Crippen molar-refractivity contribution in [1.29, 1.82) is 0 Å². The van der Waals surface area contributed by atoms with E-state index in [4.69, 9.17) is 0 Å². The molecule has 5 heteroatoms. The second-order valence-electron chi connectivity index (χ2n) is 5.95. The van der Waals surface area contributed by atoms with Crippen molar-refractivity contribution in [2.45, 2.75) is 34.1 Å². The molecule has 0 saturated heterocycles. The van der Waals surface area contributed by atoms with Gasteiger partial charge in [0, 0.05) is 11.6 Å². The average molecular weight is 292 g/mol. The number of aromatic nitrogens is 2. The van der Waals surface area contributed by atoms with Crippen molar-refractivity contribution in [2.75, 3.05) is 0 Å². The van der Waals surface area contributed by atoms with Crippen LogP contribution in [0.1, 0.15) is 38.1 Å². The number of rotatable bonds is 2. The number of nitrogens with zero attached hydrogens (tertiary/aromatic N) is 2. The smallest absolute Gasteiger partial charge is 0.252 e. The first-order valence-electron chi connectivity index (χ1n) is 6.83. The Morgan fingerprint density at radius 2 is 1.81 bits per heavy atom. The molecule has 0 aliphatic heterocycles. The highest BCUT2D eigenvalue weighted by Crippen LogP contribution is 2.29. The summed E-state index contributed by atoms with van der Waals surface area (Å²) in [6.07, 6.45) is 2.08. The zero-order valence-corrected chi connectivity index (χ0v) is 12.6. The summed E-state index contributed by atoms with van der Waals surface area (Å²) in [7, 11) is 0. The topological polar surface area (TPSA) is 34.9 Å². The molecule has 0 unspecified atom stereocenters. The minimum Gasteiger partial charge on any atom is -0.272 e. The van der Waals surface area contributed by atoms with Gasteiger partial charge < -0.3 is 0 Å². The van der Waals surface area contributed by atoms with E-state index in [0.717, 1.165) is 0 Å². The summed E-state index contributed by atoms with van der Waals surface area (Å²) in [6.45, 7) is 7.16. The Hall–Kier alpha value is -2.04. The van der Waals surface area contributed by atoms with Gasteiger partial charge in [-0.3, -0.25) is 4.79 Å². The zero-order chi connectivity index (χ0) is 15.8. The Kier molecular flexibility index (Phi) is 3.94. The van der Waals surface area contributed by atoms with Crippen molar-refractivity contribution in [1.82, 2.24) is 9.78 Å². The first-order chi connectivity index (χ1) is 9.75. The average Bonchev–Trinajstić information content (AvgIpc) is 2.80. The zero-order valence-electron chi connectivity index (χ0n) is 12.6. The van der Waals surface area contributed by atoms with Gasteiger partial charge in [-0.1, -0.05) is 33.8 Å². The number of carbonyl (C=O) groups excluding carboxylic acids is 1. The van der Waals surface area contributed by atoms with Crippen LogP contribution in [-0.4, -0.2) is 15.7 Å². The fourth-order valence-electron chi connectivity index (χ4n) is 2.05. The van der Waals surface area contributed by atoms with Crippen molar-refractivity contribution in [3.63, 3.8) is 0 Å². The Labute approximate surface area is 122 Å². The third-order valence-electron chi connectivity index (χ3n) is 3.22. The van der Waals surface area contributed by atoms with Gasteiger partial charge in [0.15, 0.2) is 0 Å². The third-order valence-corrected chi connectivity index (χ3v) is 3.22. The minimum absolute atomic E-state index is 0.185. The monoisotopic (exact) mass is 292 g/mol. The quantitative estimate of drug-likeness (QED) is 0.836. The molecular weight excluding hydrogens is 274 g/mol. The summed E-state index contributed by atoms with van der Waals surface area (Å²) in [6, 6.07) is 3.67. The number of hydrogen-bond donors (Lipinski definition) is 0. The molecule has 0 radical (unpaired) electrons. The highest BCUT2D eigenvalue weighted by molar-refractivity contribution is 5.84. The van der Waals surface area contributed by atoms with Crippen LogP contribution in [0.4, 0.5) is 8.78 Å². The molecule has 0 saturated carbocycles. The summed E-state index contributed by atoms with van der Waals surface area (Å²) < 4.78 is 29.0. The van der Waals surface area contributed by atoms with Gasteiger partial charge in [-0.2, -0.15) is 5.10 Å². The number of hydrogen-bond acceptors (Lipinski definition) is 2. The van der Waals surface area contributed by atoms with E-state index in [-0.39, 0.29) is 17.2 Å². The molecule has 0 N–H and O–H groups in total. The van der Waals surface area contributed by atoms with Crippen molar-refractivity contribution in [2.24, 2.45) is 5.41 Å². The second kappa shape index (κ2) is 5.39. The SMILES string of the molecule is CCc1cn(C(=O)C(C)(C)C)nc1-c1c(F)cccc1F. The van der Waals surface area contributed by atoms with E-state index in [1.807, 2.05) is 6.92 Å². The van der Waals surface area contributed by atoms with E-state index in [9.17, 15) is 13.6 Å². The molecule has 0 bridgehead atoms. The number of benzene rings is 1. The number of carbonyl (C=O) groups is 1. The summed E-state index contributed by atoms with van der Waals surface area (Å²) in [4.78, 5) is 12.3. The van der Waals surface area contributed by atoms with Crippen LogP contribution in [0.15, 0.2) is 24.4 Å². The number of aryl methyl sites for hydroxylation is 1. The molecule has 0 fully saturated rings. The van der Waals surface area contributed by atoms with Gasteiger partial charge >= 0.3 is 0 Å². The Bertz CT molecular complexity index is 664. The van der Waals surface area contributed by atoms with E-state index >= 15 is 0 Å². The van der Waals surface area contributed by atoms with Gasteiger partial charge in [-0.05, 0) is 24.1 Å². The van der Waals surface area contributed by atoms with E-state index in [1.54, 1.807) is 27.0 Å². The summed E-state index contributed by atoms with van der Waals surface area (Å²) in [5, 5.41) is 4.13. The molecule has 2 rings (SSSR count). The van der Waals surface area contributed by atoms with E-state index in [0.29, 0.717) is 12.0 Å². The fourth-order valence-corrected chi connectivity index (χ4v) is 2.05. The first-order valence-corrected chi connectivity index (χ1v) is 6.83. The van der Waals surface area contributed by atoms with E-state index in [2.05, 4.69) is 5.10 Å². The van der Waals surface area contributed by atoms with Crippen molar-refractivity contribution in [3.05, 3.63) is 41.6 Å². The Balaban J connectivity index is 2.61. The predicted octanol–water partition coefficient (Wildman–Crippen LogP) is 4.08. The molecule has 0 amide bonds. The first kappa shape index (κ1) is 15.4. The van der Waals surface area contributed by atoms with Crippen LogP contribution < -0.4 is 0 Å². The Morgan fingerprint density at radius 3 is 2.29 bits per heavy atom. The molecular formula is C16H18F2N2O. The van der Waals surface area contributed by atoms with Gasteiger partial charge in [0.2, 0.25) is 0 Å². The van der Waals surface area contributed by atoms with Crippen molar-refractivity contribution < 1.29 is 13.6 Å². The standard InChI is InChI=1S/C16H18F2N2O/c1-5-10-9-20(15(21)16(2,3)4)19-14(10)13-11(17)7-6-8-12(13)18/h6-9H,5H2,1-4H3. The van der Waals surface area contributed by atoms with E-state index in [1.165, 1.54) is 22.9 Å². The molecule has 21 heavy (non-hydrogen) atoms. The normalized spacial score (nSPS) is 11.7. The minimum atomic E-state index is -0.682. The molecule has 0 spiro atoms. The Morgan fingerprint density at radius 1 is 1.24 bits per heavy atom. The van der Waals surface area contributed by atoms with Crippen LogP contribution in [0.3, 0.4) is 0 Å². The molecule has 2 aromatic rings. The molecule has 112 valence electrons. The van der Waals surface area contributed by atoms with Crippen molar-refractivity contribution >= 4 is 5.91 Å². The summed E-state index contributed by atoms with van der Waals surface area (Å²) in [5.74, 6) is -1.59. The summed E-state index contributed by atoms with van der Waals surface area (Å²) in [5.41, 5.74) is 0.0133. The molecule has 1 heterocycles. The predicted molar refractivity (Wildman–Crippen MR) is 77.0 cm³/mol. The lowest BCUT2D eigenvalue weighted by molar-refractivity contribution is 0.0749. The van der Waals surface area contributed by atoms with Crippen LogP contribution in [0, 0.1) is 17.0 Å². The maximum atomic E-state index is 13.9. The van der Waals surface area contributed by atoms with Crippen LogP contribution >= 0.6 is 0 Å². The maximum Gasteiger partial charge on any atom is 0.252 e. The van der Waals surface area contributed by atoms with Crippen molar-refractivity contribution in [3.8, 4) is 11.3 Å².